The molecule has 0 unspecified atom stereocenters. The highest BCUT2D eigenvalue weighted by Crippen LogP contribution is 2.64. The van der Waals surface area contributed by atoms with Crippen LogP contribution < -0.4 is 10.1 Å². The zero-order valence-corrected chi connectivity index (χ0v) is 14.8. The first-order valence-electron chi connectivity index (χ1n) is 9.44. The predicted molar refractivity (Wildman–Crippen MR) is 99.8 cm³/mol. The Morgan fingerprint density at radius 2 is 1.96 bits per heavy atom. The monoisotopic (exact) mass is 349 g/mol. The van der Waals surface area contributed by atoms with Gasteiger partial charge >= 0.3 is 5.97 Å². The number of hydrogen-bond donors (Lipinski definition) is 2. The summed E-state index contributed by atoms with van der Waals surface area (Å²) in [5, 5.41) is 13.3. The van der Waals surface area contributed by atoms with Gasteiger partial charge in [-0.3, -0.25) is 0 Å². The third kappa shape index (κ3) is 2.17. The van der Waals surface area contributed by atoms with Gasteiger partial charge in [-0.15, -0.1) is 0 Å². The predicted octanol–water partition coefficient (Wildman–Crippen LogP) is 4.69. The van der Waals surface area contributed by atoms with Gasteiger partial charge in [-0.25, -0.2) is 4.79 Å². The van der Waals surface area contributed by atoms with Crippen molar-refractivity contribution in [2.24, 2.45) is 17.8 Å². The Balaban J connectivity index is 1.66. The molecule has 3 aliphatic rings. The largest absolute Gasteiger partial charge is 0.497 e. The highest BCUT2D eigenvalue weighted by molar-refractivity contribution is 5.95. The number of rotatable bonds is 3. The Bertz CT molecular complexity index is 877. The van der Waals surface area contributed by atoms with Crippen LogP contribution in [-0.2, 0) is 0 Å². The normalized spacial score (nSPS) is 31.0. The third-order valence-corrected chi connectivity index (χ3v) is 6.80. The van der Waals surface area contributed by atoms with Gasteiger partial charge in [-0.1, -0.05) is 24.3 Å². The molecule has 2 aliphatic carbocycles. The Kier molecular flexibility index (Phi) is 3.49. The van der Waals surface area contributed by atoms with Gasteiger partial charge in [0.25, 0.3) is 0 Å². The van der Waals surface area contributed by atoms with Crippen LogP contribution >= 0.6 is 0 Å². The molecule has 0 amide bonds. The van der Waals surface area contributed by atoms with E-state index in [1.165, 1.54) is 30.4 Å². The lowest BCUT2D eigenvalue weighted by atomic mass is 9.67. The van der Waals surface area contributed by atoms with Crippen molar-refractivity contribution in [1.82, 2.24) is 0 Å². The summed E-state index contributed by atoms with van der Waals surface area (Å²) >= 11 is 0. The molecule has 26 heavy (non-hydrogen) atoms. The van der Waals surface area contributed by atoms with Gasteiger partial charge in [0, 0.05) is 0 Å². The first kappa shape index (κ1) is 15.7. The molecule has 2 N–H and O–H groups in total. The highest BCUT2D eigenvalue weighted by Gasteiger charge is 2.54. The Morgan fingerprint density at radius 3 is 2.77 bits per heavy atom. The van der Waals surface area contributed by atoms with Crippen LogP contribution in [0.5, 0.6) is 5.75 Å². The number of aromatic carboxylic acids is 1. The lowest BCUT2D eigenvalue weighted by Crippen LogP contribution is -2.36. The van der Waals surface area contributed by atoms with Crippen molar-refractivity contribution in [3.63, 3.8) is 0 Å². The average Bonchev–Trinajstić information content (AvgIpc) is 3.29. The molecule has 0 spiro atoms. The number of methoxy groups -OCH3 is 1. The van der Waals surface area contributed by atoms with E-state index in [0.29, 0.717) is 23.3 Å². The molecule has 5 atom stereocenters. The molecule has 1 aliphatic heterocycles. The minimum atomic E-state index is -0.861. The number of carbonyl (C=O) groups is 1. The Labute approximate surface area is 153 Å². The quantitative estimate of drug-likeness (QED) is 0.844. The molecule has 4 heteroatoms. The summed E-state index contributed by atoms with van der Waals surface area (Å²) in [7, 11) is 1.69. The molecule has 2 aromatic rings. The Hall–Kier alpha value is -2.49. The van der Waals surface area contributed by atoms with Crippen LogP contribution in [0, 0.1) is 17.8 Å². The molecule has 2 fully saturated rings. The molecule has 1 heterocycles. The Morgan fingerprint density at radius 1 is 1.15 bits per heavy atom. The van der Waals surface area contributed by atoms with E-state index in [1.807, 2.05) is 18.2 Å². The van der Waals surface area contributed by atoms with E-state index >= 15 is 0 Å². The fraction of sp³-hybridized carbons (Fsp3) is 0.409. The van der Waals surface area contributed by atoms with Crippen LogP contribution in [0.25, 0.3) is 0 Å². The summed E-state index contributed by atoms with van der Waals surface area (Å²) in [6, 6.07) is 14.1. The summed E-state index contributed by atoms with van der Waals surface area (Å²) in [5.74, 6) is 2.37. The maximum absolute atomic E-state index is 11.8. The number of para-hydroxylation sites is 1. The fourth-order valence-corrected chi connectivity index (χ4v) is 5.86. The summed E-state index contributed by atoms with van der Waals surface area (Å²) in [6.07, 6.45) is 3.84. The van der Waals surface area contributed by atoms with E-state index in [2.05, 4.69) is 23.5 Å². The summed E-state index contributed by atoms with van der Waals surface area (Å²) in [5.41, 5.74) is 3.61. The second-order valence-electron chi connectivity index (χ2n) is 7.91. The molecule has 2 aromatic carbocycles. The molecule has 2 saturated carbocycles. The minimum Gasteiger partial charge on any atom is -0.497 e. The third-order valence-electron chi connectivity index (χ3n) is 6.80. The van der Waals surface area contributed by atoms with E-state index in [9.17, 15) is 9.90 Å². The van der Waals surface area contributed by atoms with Gasteiger partial charge < -0.3 is 15.2 Å². The topological polar surface area (TPSA) is 58.6 Å². The van der Waals surface area contributed by atoms with Crippen LogP contribution in [0.3, 0.4) is 0 Å². The summed E-state index contributed by atoms with van der Waals surface area (Å²) < 4.78 is 5.43. The van der Waals surface area contributed by atoms with E-state index in [-0.39, 0.29) is 6.04 Å². The number of anilines is 1. The number of carboxylic acids is 1. The fourth-order valence-electron chi connectivity index (χ4n) is 5.86. The van der Waals surface area contributed by atoms with E-state index in [0.717, 1.165) is 17.4 Å². The SMILES string of the molecule is COc1cccc([C@@H]2Nc3c(C(=O)O)cccc3[C@@H]3[C@H]4CC[C@@H](C4)[C@H]32)c1. The number of fused-ring (bicyclic) bond motifs is 7. The second kappa shape index (κ2) is 5.76. The maximum Gasteiger partial charge on any atom is 0.337 e. The van der Waals surface area contributed by atoms with Crippen molar-refractivity contribution < 1.29 is 14.6 Å². The summed E-state index contributed by atoms with van der Waals surface area (Å²) in [4.78, 5) is 11.8. The zero-order valence-electron chi connectivity index (χ0n) is 14.8. The van der Waals surface area contributed by atoms with E-state index in [1.54, 1.807) is 13.2 Å². The molecular weight excluding hydrogens is 326 g/mol. The first-order chi connectivity index (χ1) is 12.7. The van der Waals surface area contributed by atoms with Crippen LogP contribution in [0.1, 0.15) is 52.7 Å². The first-order valence-corrected chi connectivity index (χ1v) is 9.44. The van der Waals surface area contributed by atoms with Crippen molar-refractivity contribution >= 4 is 11.7 Å². The molecule has 2 bridgehead atoms. The van der Waals surface area contributed by atoms with Crippen LogP contribution in [0.15, 0.2) is 42.5 Å². The molecule has 4 nitrogen and oxygen atoms in total. The van der Waals surface area contributed by atoms with Crippen LogP contribution in [0.4, 0.5) is 5.69 Å². The number of carboxylic acid groups (broad SMARTS) is 1. The van der Waals surface area contributed by atoms with E-state index in [4.69, 9.17) is 4.74 Å². The standard InChI is InChI=1S/C22H23NO3/c1-26-15-5-2-4-14(11-15)20-19-13-9-8-12(10-13)18(19)16-6-3-7-17(22(24)25)21(16)23-20/h2-7,11-13,18-20,23H,8-10H2,1H3,(H,24,25)/t12-,13-,18-,19+,20-/m0/s1. The van der Waals surface area contributed by atoms with Crippen LogP contribution in [0.2, 0.25) is 0 Å². The molecule has 134 valence electrons. The van der Waals surface area contributed by atoms with Gasteiger partial charge in [-0.05, 0) is 72.3 Å². The number of nitrogens with one attached hydrogen (secondary N) is 1. The molecule has 5 rings (SSSR count). The van der Waals surface area contributed by atoms with Crippen molar-refractivity contribution in [2.45, 2.75) is 31.2 Å². The minimum absolute atomic E-state index is 0.137. The average molecular weight is 349 g/mol. The van der Waals surface area contributed by atoms with Crippen molar-refractivity contribution in [3.05, 3.63) is 59.2 Å². The number of hydrogen-bond acceptors (Lipinski definition) is 3. The lowest BCUT2D eigenvalue weighted by Gasteiger charge is -2.44. The highest BCUT2D eigenvalue weighted by atomic mass is 16.5. The summed E-state index contributed by atoms with van der Waals surface area (Å²) in [6.45, 7) is 0. The van der Waals surface area contributed by atoms with Gasteiger partial charge in [0.05, 0.1) is 24.4 Å². The van der Waals surface area contributed by atoms with Gasteiger partial charge in [-0.2, -0.15) is 0 Å². The van der Waals surface area contributed by atoms with Crippen LogP contribution in [-0.4, -0.2) is 18.2 Å². The smallest absolute Gasteiger partial charge is 0.337 e. The molecule has 0 saturated heterocycles. The van der Waals surface area contributed by atoms with E-state index < -0.39 is 5.97 Å². The maximum atomic E-state index is 11.8. The van der Waals surface area contributed by atoms with Crippen molar-refractivity contribution in [1.29, 1.82) is 0 Å². The zero-order chi connectivity index (χ0) is 17.8. The second-order valence-corrected chi connectivity index (χ2v) is 7.91. The number of benzene rings is 2. The lowest BCUT2D eigenvalue weighted by molar-refractivity contribution is 0.0697. The van der Waals surface area contributed by atoms with Gasteiger partial charge in [0.2, 0.25) is 0 Å². The van der Waals surface area contributed by atoms with Gasteiger partial charge in [0.1, 0.15) is 5.75 Å². The molecule has 0 aromatic heterocycles. The molecule has 0 radical (unpaired) electrons. The van der Waals surface area contributed by atoms with Crippen molar-refractivity contribution in [3.8, 4) is 5.75 Å². The van der Waals surface area contributed by atoms with Gasteiger partial charge in [0.15, 0.2) is 0 Å². The number of ether oxygens (including phenoxy) is 1. The van der Waals surface area contributed by atoms with Crippen molar-refractivity contribution in [2.75, 3.05) is 12.4 Å². The molecular formula is C22H23NO3.